The fourth-order valence-corrected chi connectivity index (χ4v) is 2.45. The third-order valence-electron chi connectivity index (χ3n) is 3.53. The van der Waals surface area contributed by atoms with E-state index in [1.165, 1.54) is 12.8 Å². The molecule has 0 aromatic carbocycles. The highest BCUT2D eigenvalue weighted by atomic mass is 35.5. The summed E-state index contributed by atoms with van der Waals surface area (Å²) >= 11 is 6.00. The average molecular weight is 266 g/mol. The van der Waals surface area contributed by atoms with Gasteiger partial charge in [-0.1, -0.05) is 26.7 Å². The summed E-state index contributed by atoms with van der Waals surface area (Å²) in [6.07, 6.45) is 2.34. The second kappa shape index (κ2) is 5.70. The molecule has 2 aromatic heterocycles. The number of hydrogen-bond donors (Lipinski definition) is 0. The van der Waals surface area contributed by atoms with Crippen molar-refractivity contribution in [1.82, 2.24) is 14.5 Å². The van der Waals surface area contributed by atoms with Crippen LogP contribution in [0.5, 0.6) is 0 Å². The van der Waals surface area contributed by atoms with Gasteiger partial charge < -0.3 is 4.57 Å². The fraction of sp³-hybridized carbons (Fsp3) is 0.571. The van der Waals surface area contributed by atoms with Crippen LogP contribution in [0.1, 0.15) is 38.2 Å². The van der Waals surface area contributed by atoms with Gasteiger partial charge in [-0.25, -0.2) is 9.97 Å². The van der Waals surface area contributed by atoms with E-state index in [2.05, 4.69) is 28.4 Å². The van der Waals surface area contributed by atoms with E-state index in [0.717, 1.165) is 29.2 Å². The van der Waals surface area contributed by atoms with Gasteiger partial charge in [0, 0.05) is 12.2 Å². The van der Waals surface area contributed by atoms with Crippen LogP contribution in [0.3, 0.4) is 0 Å². The zero-order chi connectivity index (χ0) is 13.1. The minimum absolute atomic E-state index is 0.440. The Morgan fingerprint density at radius 3 is 2.56 bits per heavy atom. The molecule has 0 radical (unpaired) electrons. The molecule has 0 unspecified atom stereocenters. The number of alkyl halides is 1. The van der Waals surface area contributed by atoms with Crippen molar-refractivity contribution in [2.75, 3.05) is 0 Å². The van der Waals surface area contributed by atoms with Gasteiger partial charge in [-0.05, 0) is 25.0 Å². The van der Waals surface area contributed by atoms with Crippen molar-refractivity contribution >= 4 is 22.8 Å². The van der Waals surface area contributed by atoms with E-state index in [4.69, 9.17) is 11.6 Å². The summed E-state index contributed by atoms with van der Waals surface area (Å²) in [5, 5.41) is 0. The van der Waals surface area contributed by atoms with Crippen molar-refractivity contribution in [3.05, 3.63) is 23.7 Å². The first kappa shape index (κ1) is 13.3. The number of pyridine rings is 1. The monoisotopic (exact) mass is 265 g/mol. The Labute approximate surface area is 113 Å². The molecule has 0 bridgehead atoms. The van der Waals surface area contributed by atoms with Crippen LogP contribution in [-0.2, 0) is 12.4 Å². The number of nitrogens with zero attached hydrogens (tertiary/aromatic N) is 3. The van der Waals surface area contributed by atoms with E-state index in [1.807, 2.05) is 19.1 Å². The van der Waals surface area contributed by atoms with Gasteiger partial charge in [0.1, 0.15) is 11.3 Å². The maximum atomic E-state index is 6.00. The maximum absolute atomic E-state index is 6.00. The molecule has 0 fully saturated rings. The Bertz CT molecular complexity index is 529. The smallest absolute Gasteiger partial charge is 0.160 e. The molecule has 0 amide bonds. The summed E-state index contributed by atoms with van der Waals surface area (Å²) in [5.74, 6) is 2.03. The summed E-state index contributed by atoms with van der Waals surface area (Å²) < 4.78 is 2.19. The Morgan fingerprint density at radius 1 is 1.22 bits per heavy atom. The van der Waals surface area contributed by atoms with E-state index < -0.39 is 0 Å². The van der Waals surface area contributed by atoms with E-state index in [9.17, 15) is 0 Å². The largest absolute Gasteiger partial charge is 0.311 e. The van der Waals surface area contributed by atoms with Crippen LogP contribution < -0.4 is 0 Å². The summed E-state index contributed by atoms with van der Waals surface area (Å²) in [5.41, 5.74) is 2.94. The number of fused-ring (bicyclic) bond motifs is 1. The van der Waals surface area contributed by atoms with Gasteiger partial charge in [0.15, 0.2) is 5.65 Å². The van der Waals surface area contributed by atoms with Gasteiger partial charge >= 0.3 is 0 Å². The van der Waals surface area contributed by atoms with Gasteiger partial charge in [0.25, 0.3) is 0 Å². The predicted octanol–water partition coefficient (Wildman–Crippen LogP) is 3.91. The van der Waals surface area contributed by atoms with E-state index >= 15 is 0 Å². The second-order valence-corrected chi connectivity index (χ2v) is 5.02. The van der Waals surface area contributed by atoms with E-state index in [-0.39, 0.29) is 0 Å². The lowest BCUT2D eigenvalue weighted by molar-refractivity contribution is 0.418. The number of aromatic nitrogens is 3. The molecule has 0 aliphatic carbocycles. The number of halogens is 1. The third kappa shape index (κ3) is 2.51. The first-order valence-electron chi connectivity index (χ1n) is 6.58. The zero-order valence-corrected chi connectivity index (χ0v) is 12.0. The molecule has 4 heteroatoms. The molecule has 3 nitrogen and oxygen atoms in total. The molecule has 0 aliphatic rings. The molecular formula is C14H20ClN3. The van der Waals surface area contributed by atoms with Crippen molar-refractivity contribution in [2.45, 2.75) is 46.0 Å². The van der Waals surface area contributed by atoms with Crippen LogP contribution in [0, 0.1) is 12.8 Å². The Morgan fingerprint density at radius 2 is 1.94 bits per heavy atom. The molecule has 0 aliphatic heterocycles. The first-order valence-corrected chi connectivity index (χ1v) is 7.11. The summed E-state index contributed by atoms with van der Waals surface area (Å²) in [6, 6.07) is 4.02. The minimum atomic E-state index is 0.440. The number of imidazole rings is 1. The van der Waals surface area contributed by atoms with E-state index in [1.54, 1.807) is 0 Å². The van der Waals surface area contributed by atoms with E-state index in [0.29, 0.717) is 11.8 Å². The Kier molecular flexibility index (Phi) is 4.23. The Balaban J connectivity index is 2.48. The molecule has 2 heterocycles. The van der Waals surface area contributed by atoms with Crippen LogP contribution in [0.2, 0.25) is 0 Å². The standard InChI is InChI=1S/C14H20ClN3/c1-4-11(5-2)9-18-13(8-15)17-12-7-6-10(3)16-14(12)18/h6-7,11H,4-5,8-9H2,1-3H3. The normalized spacial score (nSPS) is 11.6. The molecule has 2 aromatic rings. The number of rotatable bonds is 5. The van der Waals surface area contributed by atoms with Crippen LogP contribution in [-0.4, -0.2) is 14.5 Å². The van der Waals surface area contributed by atoms with Crippen molar-refractivity contribution in [1.29, 1.82) is 0 Å². The van der Waals surface area contributed by atoms with Crippen molar-refractivity contribution < 1.29 is 0 Å². The second-order valence-electron chi connectivity index (χ2n) is 4.75. The van der Waals surface area contributed by atoms with Crippen LogP contribution in [0.25, 0.3) is 11.2 Å². The van der Waals surface area contributed by atoms with Crippen LogP contribution >= 0.6 is 11.6 Å². The lowest BCUT2D eigenvalue weighted by Gasteiger charge is -2.15. The van der Waals surface area contributed by atoms with Crippen LogP contribution in [0.4, 0.5) is 0 Å². The quantitative estimate of drug-likeness (QED) is 0.768. The molecule has 0 saturated carbocycles. The molecule has 0 saturated heterocycles. The van der Waals surface area contributed by atoms with Gasteiger partial charge in [0.05, 0.1) is 5.88 Å². The van der Waals surface area contributed by atoms with Crippen molar-refractivity contribution in [3.8, 4) is 0 Å². The SMILES string of the molecule is CCC(CC)Cn1c(CCl)nc2ccc(C)nc21. The zero-order valence-electron chi connectivity index (χ0n) is 11.3. The number of aryl methyl sites for hydroxylation is 1. The molecule has 0 spiro atoms. The van der Waals surface area contributed by atoms with Gasteiger partial charge in [-0.2, -0.15) is 0 Å². The first-order chi connectivity index (χ1) is 8.69. The predicted molar refractivity (Wildman–Crippen MR) is 75.9 cm³/mol. The van der Waals surface area contributed by atoms with Crippen molar-refractivity contribution in [2.24, 2.45) is 5.92 Å². The maximum Gasteiger partial charge on any atom is 0.160 e. The topological polar surface area (TPSA) is 30.7 Å². The summed E-state index contributed by atoms with van der Waals surface area (Å²) in [7, 11) is 0. The molecular weight excluding hydrogens is 246 g/mol. The van der Waals surface area contributed by atoms with Gasteiger partial charge in [0.2, 0.25) is 0 Å². The molecule has 18 heavy (non-hydrogen) atoms. The van der Waals surface area contributed by atoms with Gasteiger partial charge in [-0.3, -0.25) is 0 Å². The number of hydrogen-bond acceptors (Lipinski definition) is 2. The summed E-state index contributed by atoms with van der Waals surface area (Å²) in [6.45, 7) is 7.43. The molecule has 0 N–H and O–H groups in total. The highest BCUT2D eigenvalue weighted by Gasteiger charge is 2.14. The van der Waals surface area contributed by atoms with Crippen LogP contribution in [0.15, 0.2) is 12.1 Å². The lowest BCUT2D eigenvalue weighted by Crippen LogP contribution is -2.12. The average Bonchev–Trinajstić information content (AvgIpc) is 2.73. The molecule has 98 valence electrons. The Hall–Kier alpha value is -1.09. The van der Waals surface area contributed by atoms with Gasteiger partial charge in [-0.15, -0.1) is 11.6 Å². The molecule has 0 atom stereocenters. The third-order valence-corrected chi connectivity index (χ3v) is 3.76. The summed E-state index contributed by atoms with van der Waals surface area (Å²) in [4.78, 5) is 9.17. The minimum Gasteiger partial charge on any atom is -0.311 e. The van der Waals surface area contributed by atoms with Crippen molar-refractivity contribution in [3.63, 3.8) is 0 Å². The highest BCUT2D eigenvalue weighted by Crippen LogP contribution is 2.20. The fourth-order valence-electron chi connectivity index (χ4n) is 2.24. The lowest BCUT2D eigenvalue weighted by atomic mass is 10.0. The molecule has 2 rings (SSSR count). The highest BCUT2D eigenvalue weighted by molar-refractivity contribution is 6.16.